The van der Waals surface area contributed by atoms with Crippen molar-refractivity contribution in [2.45, 2.75) is 19.4 Å². The van der Waals surface area contributed by atoms with Crippen molar-refractivity contribution in [1.29, 1.82) is 0 Å². The molecule has 10 heteroatoms. The molecule has 0 fully saturated rings. The van der Waals surface area contributed by atoms with E-state index in [0.717, 1.165) is 6.26 Å². The molecular weight excluding hydrogens is 473 g/mol. The van der Waals surface area contributed by atoms with Crippen LogP contribution in [0.25, 0.3) is 11.2 Å². The molecule has 0 bridgehead atoms. The Morgan fingerprint density at radius 2 is 1.91 bits per heavy atom. The van der Waals surface area contributed by atoms with Gasteiger partial charge in [-0.1, -0.05) is 24.3 Å². The maximum absolute atomic E-state index is 14.1. The monoisotopic (exact) mass is 499 g/mol. The minimum absolute atomic E-state index is 0.297. The Morgan fingerprint density at radius 3 is 2.60 bits per heavy atom. The van der Waals surface area contributed by atoms with Gasteiger partial charge in [-0.2, -0.15) is 0 Å². The maximum Gasteiger partial charge on any atom is 0.328 e. The van der Waals surface area contributed by atoms with Crippen molar-refractivity contribution in [1.82, 2.24) is 14.5 Å². The van der Waals surface area contributed by atoms with Crippen LogP contribution in [0.5, 0.6) is 11.5 Å². The first-order valence-corrected chi connectivity index (χ1v) is 13.1. The molecule has 0 saturated heterocycles. The Labute approximate surface area is 202 Å². The number of sulfone groups is 1. The number of halogens is 1. The summed E-state index contributed by atoms with van der Waals surface area (Å²) < 4.78 is 51.1. The van der Waals surface area contributed by atoms with Crippen LogP contribution in [-0.4, -0.2) is 48.7 Å². The molecule has 35 heavy (non-hydrogen) atoms. The normalized spacial score (nSPS) is 12.6. The van der Waals surface area contributed by atoms with E-state index in [9.17, 15) is 17.6 Å². The Hall–Kier alpha value is -3.66. The van der Waals surface area contributed by atoms with Crippen LogP contribution in [0.15, 0.2) is 59.5 Å². The summed E-state index contributed by atoms with van der Waals surface area (Å²) in [5.74, 6) is 0.294. The van der Waals surface area contributed by atoms with E-state index >= 15 is 0 Å². The van der Waals surface area contributed by atoms with Crippen LogP contribution in [0, 0.1) is 5.82 Å². The molecule has 4 aromatic rings. The van der Waals surface area contributed by atoms with Gasteiger partial charge in [-0.25, -0.2) is 22.6 Å². The van der Waals surface area contributed by atoms with Crippen LogP contribution in [0.1, 0.15) is 29.7 Å². The van der Waals surface area contributed by atoms with E-state index in [1.807, 2.05) is 6.92 Å². The first-order valence-electron chi connectivity index (χ1n) is 11.0. The Balaban J connectivity index is 1.81. The number of hydrogen-bond acceptors (Lipinski definition) is 6. The summed E-state index contributed by atoms with van der Waals surface area (Å²) in [6.07, 6.45) is 2.98. The lowest BCUT2D eigenvalue weighted by atomic mass is 10.1. The van der Waals surface area contributed by atoms with Crippen molar-refractivity contribution >= 4 is 21.0 Å². The van der Waals surface area contributed by atoms with Gasteiger partial charge in [-0.3, -0.25) is 4.57 Å². The van der Waals surface area contributed by atoms with Crippen LogP contribution in [0.3, 0.4) is 0 Å². The molecule has 2 heterocycles. The Bertz CT molecular complexity index is 1530. The average molecular weight is 500 g/mol. The molecule has 0 aliphatic heterocycles. The van der Waals surface area contributed by atoms with Crippen LogP contribution in [0.2, 0.25) is 0 Å². The van der Waals surface area contributed by atoms with E-state index < -0.39 is 21.6 Å². The first-order chi connectivity index (χ1) is 16.7. The van der Waals surface area contributed by atoms with Crippen molar-refractivity contribution in [3.05, 3.63) is 87.7 Å². The van der Waals surface area contributed by atoms with E-state index in [-0.39, 0.29) is 11.6 Å². The van der Waals surface area contributed by atoms with Gasteiger partial charge >= 0.3 is 5.69 Å². The largest absolute Gasteiger partial charge is 0.493 e. The molecule has 2 aromatic carbocycles. The highest BCUT2D eigenvalue weighted by Crippen LogP contribution is 2.32. The number of ether oxygens (including phenoxy) is 2. The first kappa shape index (κ1) is 24.5. The number of aromatic amines is 1. The second-order valence-electron chi connectivity index (χ2n) is 8.23. The van der Waals surface area contributed by atoms with E-state index in [1.165, 1.54) is 17.7 Å². The zero-order valence-electron chi connectivity index (χ0n) is 19.6. The molecule has 2 aromatic heterocycles. The summed E-state index contributed by atoms with van der Waals surface area (Å²) in [4.78, 5) is 20.3. The SMILES string of the molecule is CCOc1cc([C@H](CS(C)(=O)=O)n2c(=O)[nH]c3cc(Cc4ccccc4F)cnc32)ccc1OC. The molecule has 0 unspecified atom stereocenters. The van der Waals surface area contributed by atoms with Crippen molar-refractivity contribution in [2.75, 3.05) is 25.7 Å². The van der Waals surface area contributed by atoms with Crippen LogP contribution < -0.4 is 15.2 Å². The number of nitrogens with one attached hydrogen (secondary N) is 1. The summed E-state index contributed by atoms with van der Waals surface area (Å²) in [5.41, 5.74) is 2.00. The van der Waals surface area contributed by atoms with E-state index in [4.69, 9.17) is 9.47 Å². The quantitative estimate of drug-likeness (QED) is 0.378. The zero-order chi connectivity index (χ0) is 25.2. The number of rotatable bonds is 9. The number of pyridine rings is 1. The lowest BCUT2D eigenvalue weighted by molar-refractivity contribution is 0.310. The highest BCUT2D eigenvalue weighted by Gasteiger charge is 2.25. The lowest BCUT2D eigenvalue weighted by Crippen LogP contribution is -2.28. The van der Waals surface area contributed by atoms with Crippen LogP contribution in [-0.2, 0) is 16.3 Å². The summed E-state index contributed by atoms with van der Waals surface area (Å²) in [6, 6.07) is 12.4. The van der Waals surface area contributed by atoms with Gasteiger partial charge in [0.2, 0.25) is 0 Å². The number of fused-ring (bicyclic) bond motifs is 1. The van der Waals surface area contributed by atoms with E-state index in [1.54, 1.807) is 48.7 Å². The fourth-order valence-electron chi connectivity index (χ4n) is 4.08. The van der Waals surface area contributed by atoms with Gasteiger partial charge in [-0.05, 0) is 47.9 Å². The second kappa shape index (κ2) is 9.91. The summed E-state index contributed by atoms with van der Waals surface area (Å²) >= 11 is 0. The van der Waals surface area contributed by atoms with E-state index in [2.05, 4.69) is 9.97 Å². The predicted molar refractivity (Wildman–Crippen MR) is 132 cm³/mol. The Kier molecular flexibility index (Phi) is 6.93. The topological polar surface area (TPSA) is 103 Å². The molecule has 0 aliphatic rings. The third-order valence-corrected chi connectivity index (χ3v) is 6.53. The molecule has 4 rings (SSSR count). The van der Waals surface area contributed by atoms with Gasteiger partial charge in [-0.15, -0.1) is 0 Å². The fraction of sp³-hybridized carbons (Fsp3) is 0.280. The average Bonchev–Trinajstić information content (AvgIpc) is 3.13. The van der Waals surface area contributed by atoms with Gasteiger partial charge in [0.1, 0.15) is 15.7 Å². The molecule has 0 amide bonds. The number of imidazole rings is 1. The number of nitrogens with zero attached hydrogens (tertiary/aromatic N) is 2. The van der Waals surface area contributed by atoms with Crippen molar-refractivity contribution in [2.24, 2.45) is 0 Å². The molecule has 1 atom stereocenters. The third-order valence-electron chi connectivity index (χ3n) is 5.61. The minimum atomic E-state index is -3.49. The van der Waals surface area contributed by atoms with Crippen molar-refractivity contribution < 1.29 is 22.3 Å². The summed E-state index contributed by atoms with van der Waals surface area (Å²) in [7, 11) is -1.98. The summed E-state index contributed by atoms with van der Waals surface area (Å²) in [5, 5.41) is 0. The minimum Gasteiger partial charge on any atom is -0.493 e. The van der Waals surface area contributed by atoms with Gasteiger partial charge in [0.15, 0.2) is 17.1 Å². The molecule has 184 valence electrons. The van der Waals surface area contributed by atoms with Gasteiger partial charge < -0.3 is 14.5 Å². The summed E-state index contributed by atoms with van der Waals surface area (Å²) in [6.45, 7) is 2.21. The van der Waals surface area contributed by atoms with Gasteiger partial charge in [0, 0.05) is 18.9 Å². The van der Waals surface area contributed by atoms with Gasteiger partial charge in [0.05, 0.1) is 31.0 Å². The van der Waals surface area contributed by atoms with Gasteiger partial charge in [0.25, 0.3) is 0 Å². The predicted octanol–water partition coefficient (Wildman–Crippen LogP) is 3.50. The Morgan fingerprint density at radius 1 is 1.14 bits per heavy atom. The molecule has 0 aliphatic carbocycles. The third kappa shape index (κ3) is 5.37. The molecule has 1 N–H and O–H groups in total. The number of aromatic nitrogens is 3. The van der Waals surface area contributed by atoms with Crippen molar-refractivity contribution in [3.63, 3.8) is 0 Å². The van der Waals surface area contributed by atoms with Crippen molar-refractivity contribution in [3.8, 4) is 11.5 Å². The maximum atomic E-state index is 14.1. The lowest BCUT2D eigenvalue weighted by Gasteiger charge is -2.20. The standard InChI is InChI=1S/C25H26FN3O5S/c1-4-34-23-13-18(9-10-22(23)33-2)21(15-35(3,31)32)29-24-20(28-25(29)30)12-16(14-27-24)11-17-7-5-6-8-19(17)26/h5-10,12-14,21H,4,11,15H2,1-3H3,(H,28,30)/t21-/m0/s1. The highest BCUT2D eigenvalue weighted by molar-refractivity contribution is 7.90. The fourth-order valence-corrected chi connectivity index (χ4v) is 4.99. The number of H-pyrrole nitrogens is 1. The molecule has 0 radical (unpaired) electrons. The number of hydrogen-bond donors (Lipinski definition) is 1. The molecule has 8 nitrogen and oxygen atoms in total. The zero-order valence-corrected chi connectivity index (χ0v) is 20.4. The highest BCUT2D eigenvalue weighted by atomic mass is 32.2. The van der Waals surface area contributed by atoms with Crippen LogP contribution >= 0.6 is 0 Å². The molecule has 0 spiro atoms. The number of methoxy groups -OCH3 is 1. The van der Waals surface area contributed by atoms with E-state index in [0.29, 0.717) is 52.4 Å². The molecule has 0 saturated carbocycles. The smallest absolute Gasteiger partial charge is 0.328 e. The molecular formula is C25H26FN3O5S. The van der Waals surface area contributed by atoms with Crippen LogP contribution in [0.4, 0.5) is 4.39 Å². The second-order valence-corrected chi connectivity index (χ2v) is 10.4. The number of benzene rings is 2.